The van der Waals surface area contributed by atoms with Gasteiger partial charge in [0.25, 0.3) is 0 Å². The topological polar surface area (TPSA) is 74.5 Å². The molecule has 7 nitrogen and oxygen atoms in total. The molecular formula is C23H29N3O4. The largest absolute Gasteiger partial charge is 0.493 e. The zero-order chi connectivity index (χ0) is 21.5. The second-order valence-electron chi connectivity index (χ2n) is 7.03. The highest BCUT2D eigenvalue weighted by Gasteiger charge is 2.13. The summed E-state index contributed by atoms with van der Waals surface area (Å²) in [5, 5.41) is 2.91. The van der Waals surface area contributed by atoms with Gasteiger partial charge < -0.3 is 14.8 Å². The van der Waals surface area contributed by atoms with Crippen LogP contribution in [0.4, 0.5) is 0 Å². The lowest BCUT2D eigenvalue weighted by Gasteiger charge is -2.12. The molecule has 7 heteroatoms. The summed E-state index contributed by atoms with van der Waals surface area (Å²) >= 11 is 0. The molecule has 0 unspecified atom stereocenters. The molecule has 0 fully saturated rings. The van der Waals surface area contributed by atoms with Gasteiger partial charge in [0.05, 0.1) is 24.8 Å². The van der Waals surface area contributed by atoms with Crippen molar-refractivity contribution in [3.8, 4) is 11.5 Å². The van der Waals surface area contributed by atoms with Gasteiger partial charge in [0, 0.05) is 26.1 Å². The van der Waals surface area contributed by atoms with Crippen molar-refractivity contribution < 1.29 is 14.3 Å². The van der Waals surface area contributed by atoms with E-state index in [0.717, 1.165) is 23.0 Å². The molecule has 3 rings (SSSR count). The van der Waals surface area contributed by atoms with Gasteiger partial charge in [-0.15, -0.1) is 0 Å². The van der Waals surface area contributed by atoms with Gasteiger partial charge in [0.2, 0.25) is 5.91 Å². The number of benzene rings is 2. The number of carbonyl (C=O) groups is 1. The summed E-state index contributed by atoms with van der Waals surface area (Å²) < 4.78 is 14.4. The normalized spacial score (nSPS) is 10.9. The molecular weight excluding hydrogens is 382 g/mol. The molecule has 0 saturated carbocycles. The summed E-state index contributed by atoms with van der Waals surface area (Å²) in [6.45, 7) is 5.93. The predicted molar refractivity (Wildman–Crippen MR) is 117 cm³/mol. The highest BCUT2D eigenvalue weighted by atomic mass is 16.5. The van der Waals surface area contributed by atoms with Gasteiger partial charge in [-0.25, -0.2) is 4.79 Å². The molecule has 0 aliphatic rings. The first-order chi connectivity index (χ1) is 14.6. The zero-order valence-corrected chi connectivity index (χ0v) is 17.8. The van der Waals surface area contributed by atoms with Crippen molar-refractivity contribution in [3.63, 3.8) is 0 Å². The fourth-order valence-electron chi connectivity index (χ4n) is 3.45. The number of nitrogens with zero attached hydrogens (tertiary/aromatic N) is 2. The highest BCUT2D eigenvalue weighted by Crippen LogP contribution is 2.28. The molecule has 3 aromatic rings. The average Bonchev–Trinajstić information content (AvgIpc) is 3.05. The molecule has 1 heterocycles. The van der Waals surface area contributed by atoms with Gasteiger partial charge in [-0.3, -0.25) is 13.9 Å². The summed E-state index contributed by atoms with van der Waals surface area (Å²) in [7, 11) is 1.60. The summed E-state index contributed by atoms with van der Waals surface area (Å²) in [6, 6.07) is 13.3. The molecule has 2 aromatic carbocycles. The van der Waals surface area contributed by atoms with E-state index in [1.165, 1.54) is 0 Å². The molecule has 0 saturated heterocycles. The third-order valence-electron chi connectivity index (χ3n) is 4.98. The van der Waals surface area contributed by atoms with Crippen molar-refractivity contribution in [2.24, 2.45) is 0 Å². The number of imidazole rings is 1. The summed E-state index contributed by atoms with van der Waals surface area (Å²) in [6.07, 6.45) is 1.15. The molecule has 0 aliphatic heterocycles. The Bertz CT molecular complexity index is 1070. The first-order valence-corrected chi connectivity index (χ1v) is 10.3. The third-order valence-corrected chi connectivity index (χ3v) is 4.98. The molecule has 0 radical (unpaired) electrons. The Morgan fingerprint density at radius 1 is 1.03 bits per heavy atom. The van der Waals surface area contributed by atoms with Crippen LogP contribution in [-0.4, -0.2) is 28.8 Å². The van der Waals surface area contributed by atoms with E-state index in [9.17, 15) is 9.59 Å². The Hall–Kier alpha value is -3.22. The quantitative estimate of drug-likeness (QED) is 0.555. The number of ether oxygens (including phenoxy) is 2. The molecule has 1 N–H and O–H groups in total. The fraction of sp³-hybridized carbons (Fsp3) is 0.391. The Morgan fingerprint density at radius 2 is 1.77 bits per heavy atom. The number of amides is 1. The van der Waals surface area contributed by atoms with Gasteiger partial charge in [-0.1, -0.05) is 25.1 Å². The van der Waals surface area contributed by atoms with Crippen LogP contribution in [0.3, 0.4) is 0 Å². The lowest BCUT2D eigenvalue weighted by atomic mass is 10.2. The molecule has 160 valence electrons. The number of para-hydroxylation sites is 2. The van der Waals surface area contributed by atoms with Crippen LogP contribution in [0.5, 0.6) is 11.5 Å². The second kappa shape index (κ2) is 10.0. The Kier molecular flexibility index (Phi) is 7.17. The molecule has 30 heavy (non-hydrogen) atoms. The molecule has 0 atom stereocenters. The number of hydrogen-bond acceptors (Lipinski definition) is 4. The van der Waals surface area contributed by atoms with Crippen LogP contribution in [0.15, 0.2) is 47.3 Å². The van der Waals surface area contributed by atoms with E-state index in [1.54, 1.807) is 16.2 Å². The number of carbonyl (C=O) groups excluding carboxylic acids is 1. The van der Waals surface area contributed by atoms with E-state index in [-0.39, 0.29) is 18.0 Å². The van der Waals surface area contributed by atoms with Gasteiger partial charge >= 0.3 is 5.69 Å². The number of hydrogen-bond donors (Lipinski definition) is 1. The molecule has 0 bridgehead atoms. The van der Waals surface area contributed by atoms with Crippen LogP contribution < -0.4 is 20.5 Å². The summed E-state index contributed by atoms with van der Waals surface area (Å²) in [4.78, 5) is 25.0. The monoisotopic (exact) mass is 411 g/mol. The molecule has 1 amide bonds. The van der Waals surface area contributed by atoms with Gasteiger partial charge in [0.1, 0.15) is 0 Å². The number of aromatic nitrogens is 2. The Labute approximate surface area is 176 Å². The van der Waals surface area contributed by atoms with E-state index < -0.39 is 0 Å². The van der Waals surface area contributed by atoms with Crippen LogP contribution in [-0.2, 0) is 24.4 Å². The third kappa shape index (κ3) is 4.67. The van der Waals surface area contributed by atoms with E-state index in [2.05, 4.69) is 5.32 Å². The maximum Gasteiger partial charge on any atom is 0.329 e. The fourth-order valence-corrected chi connectivity index (χ4v) is 3.45. The van der Waals surface area contributed by atoms with Crippen LogP contribution >= 0.6 is 0 Å². The van der Waals surface area contributed by atoms with Crippen LogP contribution in [0, 0.1) is 0 Å². The molecule has 1 aromatic heterocycles. The lowest BCUT2D eigenvalue weighted by molar-refractivity contribution is -0.121. The molecule has 0 spiro atoms. The van der Waals surface area contributed by atoms with Crippen LogP contribution in [0.25, 0.3) is 11.0 Å². The van der Waals surface area contributed by atoms with Crippen molar-refractivity contribution >= 4 is 16.9 Å². The number of fused-ring (bicyclic) bond motifs is 1. The summed E-state index contributed by atoms with van der Waals surface area (Å²) in [5.74, 6) is 1.23. The minimum absolute atomic E-state index is 0.0843. The van der Waals surface area contributed by atoms with Gasteiger partial charge in [0.15, 0.2) is 11.5 Å². The van der Waals surface area contributed by atoms with Crippen molar-refractivity contribution in [2.45, 2.75) is 46.3 Å². The minimum Gasteiger partial charge on any atom is -0.493 e. The molecule has 0 aliphatic carbocycles. The van der Waals surface area contributed by atoms with Crippen molar-refractivity contribution in [1.29, 1.82) is 0 Å². The van der Waals surface area contributed by atoms with E-state index >= 15 is 0 Å². The number of methoxy groups -OCH3 is 1. The average molecular weight is 412 g/mol. The lowest BCUT2D eigenvalue weighted by Crippen LogP contribution is -2.28. The second-order valence-corrected chi connectivity index (χ2v) is 7.03. The van der Waals surface area contributed by atoms with E-state index in [4.69, 9.17) is 9.47 Å². The standard InChI is InChI=1S/C23H29N3O4/c1-4-14-30-20-11-10-17(15-21(20)29-3)16-24-22(27)12-13-26-19-9-7-6-8-18(19)25(5-2)23(26)28/h6-11,15H,4-5,12-14,16H2,1-3H3,(H,24,27). The van der Waals surface area contributed by atoms with E-state index in [0.29, 0.717) is 37.7 Å². The number of nitrogens with one attached hydrogen (secondary N) is 1. The SMILES string of the molecule is CCCOc1ccc(CNC(=O)CCn2c(=O)n(CC)c3ccccc32)cc1OC. The zero-order valence-electron chi connectivity index (χ0n) is 17.8. The van der Waals surface area contributed by atoms with Crippen LogP contribution in [0.2, 0.25) is 0 Å². The van der Waals surface area contributed by atoms with Gasteiger partial charge in [-0.05, 0) is 43.2 Å². The smallest absolute Gasteiger partial charge is 0.329 e. The Morgan fingerprint density at radius 3 is 2.43 bits per heavy atom. The Balaban J connectivity index is 1.62. The van der Waals surface area contributed by atoms with Crippen LogP contribution in [0.1, 0.15) is 32.3 Å². The van der Waals surface area contributed by atoms with Crippen molar-refractivity contribution in [3.05, 3.63) is 58.5 Å². The minimum atomic E-state index is -0.111. The maximum atomic E-state index is 12.7. The first kappa shape index (κ1) is 21.5. The van der Waals surface area contributed by atoms with Crippen molar-refractivity contribution in [2.75, 3.05) is 13.7 Å². The van der Waals surface area contributed by atoms with Crippen molar-refractivity contribution in [1.82, 2.24) is 14.5 Å². The van der Waals surface area contributed by atoms with E-state index in [1.807, 2.05) is 56.3 Å². The predicted octanol–water partition coefficient (Wildman–Crippen LogP) is 3.33. The number of rotatable bonds is 10. The van der Waals surface area contributed by atoms with Gasteiger partial charge in [-0.2, -0.15) is 0 Å². The maximum absolute atomic E-state index is 12.7. The highest BCUT2D eigenvalue weighted by molar-refractivity contribution is 5.78. The first-order valence-electron chi connectivity index (χ1n) is 10.3. The summed E-state index contributed by atoms with van der Waals surface area (Å²) in [5.41, 5.74) is 2.58. The number of aryl methyl sites for hydroxylation is 2.